The van der Waals surface area contributed by atoms with Crippen LogP contribution in [0.1, 0.15) is 43.5 Å². The fourth-order valence-electron chi connectivity index (χ4n) is 2.23. The minimum atomic E-state index is -0.828. The van der Waals surface area contributed by atoms with Crippen molar-refractivity contribution in [1.82, 2.24) is 5.32 Å². The van der Waals surface area contributed by atoms with Gasteiger partial charge in [-0.15, -0.1) is 0 Å². The van der Waals surface area contributed by atoms with E-state index in [0.717, 1.165) is 12.1 Å². The average molecular weight is 381 g/mol. The van der Waals surface area contributed by atoms with Crippen LogP contribution in [0, 0.1) is 11.7 Å². The number of amides is 1. The molecule has 1 rings (SSSR count). The first kappa shape index (κ1) is 22.3. The van der Waals surface area contributed by atoms with E-state index < -0.39 is 36.3 Å². The lowest BCUT2D eigenvalue weighted by Gasteiger charge is -2.21. The van der Waals surface area contributed by atoms with E-state index in [0.29, 0.717) is 6.42 Å². The van der Waals surface area contributed by atoms with E-state index in [4.69, 9.17) is 4.74 Å². The van der Waals surface area contributed by atoms with E-state index in [1.807, 2.05) is 6.92 Å². The number of esters is 2. The second-order valence-electron chi connectivity index (χ2n) is 6.04. The van der Waals surface area contributed by atoms with Gasteiger partial charge in [0.25, 0.3) is 5.91 Å². The first-order valence-corrected chi connectivity index (χ1v) is 8.60. The minimum Gasteiger partial charge on any atom is -0.467 e. The molecule has 0 radical (unpaired) electrons. The Labute approximate surface area is 157 Å². The summed E-state index contributed by atoms with van der Waals surface area (Å²) in [6, 6.07) is 4.15. The number of methoxy groups -OCH3 is 1. The van der Waals surface area contributed by atoms with Crippen molar-refractivity contribution >= 4 is 23.6 Å². The van der Waals surface area contributed by atoms with E-state index in [1.165, 1.54) is 19.2 Å². The molecule has 0 aliphatic carbocycles. The standard InChI is InChI=1S/C19H24FNO6/c1-4-12(2)18(19(25)26-3)21-16(23)11-27-17(24)10-9-15(22)13-5-7-14(20)8-6-13/h5-8,12,18H,4,9-11H2,1-3H3,(H,21,23)/t12-,18-/m1/s1. The summed E-state index contributed by atoms with van der Waals surface area (Å²) in [5.74, 6) is -2.87. The van der Waals surface area contributed by atoms with Crippen molar-refractivity contribution in [2.45, 2.75) is 39.2 Å². The average Bonchev–Trinajstić information content (AvgIpc) is 2.67. The van der Waals surface area contributed by atoms with Crippen molar-refractivity contribution in [3.63, 3.8) is 0 Å². The highest BCUT2D eigenvalue weighted by Gasteiger charge is 2.26. The van der Waals surface area contributed by atoms with Gasteiger partial charge in [0.15, 0.2) is 12.4 Å². The molecule has 0 aromatic heterocycles. The highest BCUT2D eigenvalue weighted by Crippen LogP contribution is 2.10. The van der Waals surface area contributed by atoms with Gasteiger partial charge in [-0.1, -0.05) is 20.3 Å². The molecular weight excluding hydrogens is 357 g/mol. The zero-order valence-corrected chi connectivity index (χ0v) is 15.6. The molecule has 2 atom stereocenters. The number of nitrogens with one attached hydrogen (secondary N) is 1. The van der Waals surface area contributed by atoms with Gasteiger partial charge in [-0.25, -0.2) is 9.18 Å². The van der Waals surface area contributed by atoms with Crippen LogP contribution in [-0.2, 0) is 23.9 Å². The topological polar surface area (TPSA) is 98.8 Å². The molecule has 0 unspecified atom stereocenters. The number of hydrogen-bond donors (Lipinski definition) is 1. The third-order valence-corrected chi connectivity index (χ3v) is 4.07. The van der Waals surface area contributed by atoms with Crippen LogP contribution in [0.25, 0.3) is 0 Å². The molecule has 8 heteroatoms. The van der Waals surface area contributed by atoms with Crippen LogP contribution >= 0.6 is 0 Å². The first-order valence-electron chi connectivity index (χ1n) is 8.60. The quantitative estimate of drug-likeness (QED) is 0.492. The summed E-state index contributed by atoms with van der Waals surface area (Å²) >= 11 is 0. The number of rotatable bonds is 10. The van der Waals surface area contributed by atoms with Gasteiger partial charge in [0.05, 0.1) is 13.5 Å². The summed E-state index contributed by atoms with van der Waals surface area (Å²) < 4.78 is 22.3. The monoisotopic (exact) mass is 381 g/mol. The van der Waals surface area contributed by atoms with Crippen LogP contribution in [0.15, 0.2) is 24.3 Å². The molecule has 148 valence electrons. The molecule has 0 fully saturated rings. The summed E-state index contributed by atoms with van der Waals surface area (Å²) in [7, 11) is 1.22. The van der Waals surface area contributed by atoms with Crippen LogP contribution in [0.2, 0.25) is 0 Å². The third kappa shape index (κ3) is 7.55. The number of benzene rings is 1. The number of halogens is 1. The lowest BCUT2D eigenvalue weighted by Crippen LogP contribution is -2.47. The normalized spacial score (nSPS) is 12.6. The van der Waals surface area contributed by atoms with Gasteiger partial charge >= 0.3 is 11.9 Å². The summed E-state index contributed by atoms with van der Waals surface area (Å²) in [6.07, 6.45) is 0.310. The molecule has 0 aliphatic rings. The van der Waals surface area contributed by atoms with Gasteiger partial charge in [-0.05, 0) is 30.2 Å². The molecule has 0 saturated heterocycles. The van der Waals surface area contributed by atoms with Crippen LogP contribution in [-0.4, -0.2) is 43.4 Å². The zero-order valence-electron chi connectivity index (χ0n) is 15.6. The Kier molecular flexibility index (Phi) is 9.12. The Morgan fingerprint density at radius 2 is 1.74 bits per heavy atom. The van der Waals surface area contributed by atoms with E-state index >= 15 is 0 Å². The molecule has 1 amide bonds. The molecule has 1 aromatic rings. The molecule has 0 saturated carbocycles. The van der Waals surface area contributed by atoms with E-state index in [2.05, 4.69) is 10.1 Å². The Hall–Kier alpha value is -2.77. The summed E-state index contributed by atoms with van der Waals surface area (Å²) in [5.41, 5.74) is 0.288. The van der Waals surface area contributed by atoms with Crippen molar-refractivity contribution in [3.8, 4) is 0 Å². The number of carbonyl (C=O) groups is 4. The van der Waals surface area contributed by atoms with Crippen LogP contribution < -0.4 is 5.32 Å². The summed E-state index contributed by atoms with van der Waals surface area (Å²) in [5, 5.41) is 2.48. The van der Waals surface area contributed by atoms with Gasteiger partial charge in [-0.2, -0.15) is 0 Å². The van der Waals surface area contributed by atoms with E-state index in [-0.39, 0.29) is 30.1 Å². The molecule has 0 bridgehead atoms. The van der Waals surface area contributed by atoms with Crippen molar-refractivity contribution in [1.29, 1.82) is 0 Å². The fraction of sp³-hybridized carbons (Fsp3) is 0.474. The maximum absolute atomic E-state index is 12.8. The summed E-state index contributed by atoms with van der Waals surface area (Å²) in [4.78, 5) is 47.2. The second-order valence-corrected chi connectivity index (χ2v) is 6.04. The van der Waals surface area contributed by atoms with Gasteiger partial charge in [-0.3, -0.25) is 14.4 Å². The molecular formula is C19H24FNO6. The summed E-state index contributed by atoms with van der Waals surface area (Å²) in [6.45, 7) is 3.09. The maximum atomic E-state index is 12.8. The number of hydrogen-bond acceptors (Lipinski definition) is 6. The molecule has 0 spiro atoms. The molecule has 1 aromatic carbocycles. The predicted molar refractivity (Wildman–Crippen MR) is 94.3 cm³/mol. The highest BCUT2D eigenvalue weighted by atomic mass is 19.1. The SMILES string of the molecule is CC[C@@H](C)[C@@H](NC(=O)COC(=O)CCC(=O)c1ccc(F)cc1)C(=O)OC. The molecule has 27 heavy (non-hydrogen) atoms. The number of ether oxygens (including phenoxy) is 2. The molecule has 0 aliphatic heterocycles. The Morgan fingerprint density at radius 1 is 1.11 bits per heavy atom. The predicted octanol–water partition coefficient (Wildman–Crippen LogP) is 2.04. The first-order chi connectivity index (χ1) is 12.8. The Balaban J connectivity index is 2.42. The van der Waals surface area contributed by atoms with E-state index in [9.17, 15) is 23.6 Å². The Morgan fingerprint density at radius 3 is 2.30 bits per heavy atom. The number of carbonyl (C=O) groups excluding carboxylic acids is 4. The smallest absolute Gasteiger partial charge is 0.328 e. The van der Waals surface area contributed by atoms with Gasteiger partial charge in [0.1, 0.15) is 11.9 Å². The van der Waals surface area contributed by atoms with Crippen molar-refractivity contribution in [2.75, 3.05) is 13.7 Å². The molecule has 1 N–H and O–H groups in total. The maximum Gasteiger partial charge on any atom is 0.328 e. The second kappa shape index (κ2) is 11.1. The lowest BCUT2D eigenvalue weighted by molar-refractivity contribution is -0.151. The van der Waals surface area contributed by atoms with Gasteiger partial charge < -0.3 is 14.8 Å². The van der Waals surface area contributed by atoms with Crippen molar-refractivity contribution in [2.24, 2.45) is 5.92 Å². The minimum absolute atomic E-state index is 0.121. The van der Waals surface area contributed by atoms with Crippen molar-refractivity contribution in [3.05, 3.63) is 35.6 Å². The van der Waals surface area contributed by atoms with Gasteiger partial charge in [0.2, 0.25) is 0 Å². The van der Waals surface area contributed by atoms with Crippen molar-refractivity contribution < 1.29 is 33.0 Å². The zero-order chi connectivity index (χ0) is 20.4. The molecule has 7 nitrogen and oxygen atoms in total. The fourth-order valence-corrected chi connectivity index (χ4v) is 2.23. The third-order valence-electron chi connectivity index (χ3n) is 4.07. The van der Waals surface area contributed by atoms with Crippen LogP contribution in [0.5, 0.6) is 0 Å². The number of Topliss-reactive ketones (excluding diaryl/α,β-unsaturated/α-hetero) is 1. The molecule has 0 heterocycles. The van der Waals surface area contributed by atoms with Crippen LogP contribution in [0.3, 0.4) is 0 Å². The van der Waals surface area contributed by atoms with E-state index in [1.54, 1.807) is 6.92 Å². The highest BCUT2D eigenvalue weighted by molar-refractivity contribution is 5.97. The number of ketones is 1. The van der Waals surface area contributed by atoms with Crippen LogP contribution in [0.4, 0.5) is 4.39 Å². The largest absolute Gasteiger partial charge is 0.467 e. The lowest BCUT2D eigenvalue weighted by atomic mass is 9.99. The Bertz CT molecular complexity index is 673. The van der Waals surface area contributed by atoms with Gasteiger partial charge in [0, 0.05) is 12.0 Å².